The average molecular weight is 315 g/mol. The minimum absolute atomic E-state index is 0.0249. The molecule has 0 fully saturated rings. The van der Waals surface area contributed by atoms with Crippen LogP contribution in [0.1, 0.15) is 62.2 Å². The van der Waals surface area contributed by atoms with E-state index in [1.807, 2.05) is 0 Å². The van der Waals surface area contributed by atoms with Crippen molar-refractivity contribution in [2.75, 3.05) is 0 Å². The molecule has 100 valence electrons. The fourth-order valence-corrected chi connectivity index (χ4v) is 2.41. The van der Waals surface area contributed by atoms with Gasteiger partial charge < -0.3 is 0 Å². The molecule has 0 radical (unpaired) electrons. The Morgan fingerprint density at radius 3 is 2.56 bits per heavy atom. The van der Waals surface area contributed by atoms with Gasteiger partial charge in [-0.2, -0.15) is 0 Å². The van der Waals surface area contributed by atoms with Gasteiger partial charge in [-0.3, -0.25) is 4.79 Å². The van der Waals surface area contributed by atoms with E-state index in [0.717, 1.165) is 12.8 Å². The molecular weight excluding hydrogens is 295 g/mol. The number of ketones is 1. The molecule has 0 N–H and O–H groups in total. The second-order valence-electron chi connectivity index (χ2n) is 4.54. The van der Waals surface area contributed by atoms with E-state index in [4.69, 9.17) is 0 Å². The van der Waals surface area contributed by atoms with Crippen molar-refractivity contribution < 1.29 is 9.18 Å². The molecule has 1 rings (SSSR count). The Balaban J connectivity index is 2.35. The first kappa shape index (κ1) is 15.4. The van der Waals surface area contributed by atoms with Crippen molar-refractivity contribution in [1.82, 2.24) is 0 Å². The van der Waals surface area contributed by atoms with Crippen LogP contribution in [0.15, 0.2) is 22.7 Å². The first-order valence-corrected chi connectivity index (χ1v) is 7.43. The molecule has 0 aliphatic rings. The molecule has 0 unspecified atom stereocenters. The second kappa shape index (κ2) is 8.41. The van der Waals surface area contributed by atoms with Gasteiger partial charge in [0, 0.05) is 12.0 Å². The van der Waals surface area contributed by atoms with Gasteiger partial charge in [0.05, 0.1) is 4.47 Å². The molecule has 0 saturated heterocycles. The van der Waals surface area contributed by atoms with Crippen LogP contribution in [-0.2, 0) is 0 Å². The zero-order chi connectivity index (χ0) is 13.4. The third-order valence-corrected chi connectivity index (χ3v) is 3.82. The molecule has 1 nitrogen and oxygen atoms in total. The normalized spacial score (nSPS) is 10.6. The second-order valence-corrected chi connectivity index (χ2v) is 5.34. The molecule has 0 spiro atoms. The highest BCUT2D eigenvalue weighted by Gasteiger charge is 2.12. The molecule has 0 aliphatic carbocycles. The molecule has 0 amide bonds. The molecule has 0 atom stereocenters. The third-order valence-electron chi connectivity index (χ3n) is 3.01. The van der Waals surface area contributed by atoms with Crippen LogP contribution in [0.3, 0.4) is 0 Å². The van der Waals surface area contributed by atoms with Crippen molar-refractivity contribution in [1.29, 1.82) is 0 Å². The molecule has 3 heteroatoms. The van der Waals surface area contributed by atoms with Crippen molar-refractivity contribution in [3.05, 3.63) is 34.1 Å². The summed E-state index contributed by atoms with van der Waals surface area (Å²) >= 11 is 3.13. The molecular formula is C15H20BrFO. The van der Waals surface area contributed by atoms with Crippen LogP contribution in [0.5, 0.6) is 0 Å². The maximum atomic E-state index is 13.3. The largest absolute Gasteiger partial charge is 0.294 e. The zero-order valence-electron chi connectivity index (χ0n) is 10.8. The predicted octanol–water partition coefficient (Wildman–Crippen LogP) is 5.52. The minimum Gasteiger partial charge on any atom is -0.294 e. The van der Waals surface area contributed by atoms with E-state index in [0.29, 0.717) is 16.5 Å². The van der Waals surface area contributed by atoms with E-state index in [-0.39, 0.29) is 11.6 Å². The molecule has 1 aromatic carbocycles. The van der Waals surface area contributed by atoms with Gasteiger partial charge in [0.25, 0.3) is 0 Å². The summed E-state index contributed by atoms with van der Waals surface area (Å²) in [6, 6.07) is 4.60. The Bertz CT molecular complexity index is 390. The SMILES string of the molecule is CCCCCCCCC(=O)c1cccc(F)c1Br. The summed E-state index contributed by atoms with van der Waals surface area (Å²) in [7, 11) is 0. The molecule has 0 aromatic heterocycles. The average Bonchev–Trinajstić information content (AvgIpc) is 2.36. The van der Waals surface area contributed by atoms with Crippen LogP contribution in [-0.4, -0.2) is 5.78 Å². The molecule has 0 saturated carbocycles. The lowest BCUT2D eigenvalue weighted by atomic mass is 10.0. The van der Waals surface area contributed by atoms with E-state index in [2.05, 4.69) is 22.9 Å². The van der Waals surface area contributed by atoms with Crippen molar-refractivity contribution >= 4 is 21.7 Å². The van der Waals surface area contributed by atoms with E-state index >= 15 is 0 Å². The van der Waals surface area contributed by atoms with Gasteiger partial charge in [-0.1, -0.05) is 51.2 Å². The van der Waals surface area contributed by atoms with E-state index in [1.165, 1.54) is 31.7 Å². The quantitative estimate of drug-likeness (QED) is 0.456. The predicted molar refractivity (Wildman–Crippen MR) is 76.4 cm³/mol. The summed E-state index contributed by atoms with van der Waals surface area (Å²) in [6.45, 7) is 2.19. The van der Waals surface area contributed by atoms with Crippen molar-refractivity contribution in [2.24, 2.45) is 0 Å². The highest BCUT2D eigenvalue weighted by Crippen LogP contribution is 2.22. The van der Waals surface area contributed by atoms with Crippen LogP contribution in [0.25, 0.3) is 0 Å². The number of hydrogen-bond acceptors (Lipinski definition) is 1. The van der Waals surface area contributed by atoms with Crippen molar-refractivity contribution in [3.63, 3.8) is 0 Å². The number of rotatable bonds is 8. The molecule has 0 bridgehead atoms. The fourth-order valence-electron chi connectivity index (χ4n) is 1.92. The third kappa shape index (κ3) is 4.89. The van der Waals surface area contributed by atoms with Gasteiger partial charge in [0.1, 0.15) is 5.82 Å². The minimum atomic E-state index is -0.371. The molecule has 18 heavy (non-hydrogen) atoms. The standard InChI is InChI=1S/C15H20BrFO/c1-2-3-4-5-6-7-11-14(18)12-9-8-10-13(17)15(12)16/h8-10H,2-7,11H2,1H3. The van der Waals surface area contributed by atoms with Gasteiger partial charge in [-0.15, -0.1) is 0 Å². The Kier molecular flexibility index (Phi) is 7.18. The maximum Gasteiger partial charge on any atom is 0.164 e. The number of hydrogen-bond donors (Lipinski definition) is 0. The number of unbranched alkanes of at least 4 members (excludes halogenated alkanes) is 5. The van der Waals surface area contributed by atoms with Crippen molar-refractivity contribution in [3.8, 4) is 0 Å². The number of benzene rings is 1. The topological polar surface area (TPSA) is 17.1 Å². The summed E-state index contributed by atoms with van der Waals surface area (Å²) in [5.41, 5.74) is 0.462. The number of carbonyl (C=O) groups excluding carboxylic acids is 1. The maximum absolute atomic E-state index is 13.3. The van der Waals surface area contributed by atoms with E-state index in [9.17, 15) is 9.18 Å². The molecule has 0 aliphatic heterocycles. The first-order chi connectivity index (χ1) is 8.66. The van der Waals surface area contributed by atoms with Crippen LogP contribution in [0.4, 0.5) is 4.39 Å². The lowest BCUT2D eigenvalue weighted by Gasteiger charge is -2.04. The summed E-state index contributed by atoms with van der Waals surface area (Å²) < 4.78 is 13.6. The van der Waals surface area contributed by atoms with Gasteiger partial charge in [-0.25, -0.2) is 4.39 Å². The van der Waals surface area contributed by atoms with Crippen LogP contribution < -0.4 is 0 Å². The van der Waals surface area contributed by atoms with Crippen LogP contribution >= 0.6 is 15.9 Å². The Morgan fingerprint density at radius 2 is 1.83 bits per heavy atom. The summed E-state index contributed by atoms with van der Waals surface area (Å²) in [5, 5.41) is 0. The number of Topliss-reactive ketones (excluding diaryl/α,β-unsaturated/α-hetero) is 1. The number of carbonyl (C=O) groups is 1. The van der Waals surface area contributed by atoms with Crippen molar-refractivity contribution in [2.45, 2.75) is 51.9 Å². The lowest BCUT2D eigenvalue weighted by Crippen LogP contribution is -2.01. The smallest absolute Gasteiger partial charge is 0.164 e. The Hall–Kier alpha value is -0.700. The summed E-state index contributed by atoms with van der Waals surface area (Å²) in [6.07, 6.45) is 7.41. The van der Waals surface area contributed by atoms with Gasteiger partial charge in [0.15, 0.2) is 5.78 Å². The molecule has 1 aromatic rings. The van der Waals surface area contributed by atoms with Crippen LogP contribution in [0, 0.1) is 5.82 Å². The van der Waals surface area contributed by atoms with E-state index < -0.39 is 0 Å². The summed E-state index contributed by atoms with van der Waals surface area (Å²) in [5.74, 6) is -0.347. The monoisotopic (exact) mass is 314 g/mol. The Labute approximate surface area is 117 Å². The number of halogens is 2. The van der Waals surface area contributed by atoms with E-state index in [1.54, 1.807) is 12.1 Å². The Morgan fingerprint density at radius 1 is 1.17 bits per heavy atom. The molecule has 0 heterocycles. The lowest BCUT2D eigenvalue weighted by molar-refractivity contribution is 0.0978. The van der Waals surface area contributed by atoms with Gasteiger partial charge in [-0.05, 0) is 28.4 Å². The highest BCUT2D eigenvalue weighted by molar-refractivity contribution is 9.10. The zero-order valence-corrected chi connectivity index (χ0v) is 12.4. The fraction of sp³-hybridized carbons (Fsp3) is 0.533. The van der Waals surface area contributed by atoms with Gasteiger partial charge >= 0.3 is 0 Å². The van der Waals surface area contributed by atoms with Crippen LogP contribution in [0.2, 0.25) is 0 Å². The first-order valence-electron chi connectivity index (χ1n) is 6.64. The summed E-state index contributed by atoms with van der Waals surface area (Å²) in [4.78, 5) is 11.9. The highest BCUT2D eigenvalue weighted by atomic mass is 79.9. The van der Waals surface area contributed by atoms with Gasteiger partial charge in [0.2, 0.25) is 0 Å².